The summed E-state index contributed by atoms with van der Waals surface area (Å²) < 4.78 is 41.0. The lowest BCUT2D eigenvalue weighted by molar-refractivity contribution is 0.274. The highest BCUT2D eigenvalue weighted by Crippen LogP contribution is 2.25. The number of halogens is 2. The first-order valence-electron chi connectivity index (χ1n) is 5.45. The van der Waals surface area contributed by atoms with Crippen LogP contribution in [-0.4, -0.2) is 18.5 Å². The van der Waals surface area contributed by atoms with Crippen LogP contribution in [0.1, 0.15) is 5.56 Å². The summed E-state index contributed by atoms with van der Waals surface area (Å²) in [5.74, 6) is -0.975. The minimum absolute atomic E-state index is 0.102. The van der Waals surface area contributed by atoms with Crippen molar-refractivity contribution in [3.8, 4) is 0 Å². The molecule has 0 aliphatic carbocycles. The molecule has 0 spiro atoms. The van der Waals surface area contributed by atoms with Crippen molar-refractivity contribution < 1.29 is 17.9 Å². The number of aromatic nitrogens is 1. The average molecular weight is 361 g/mol. The number of hydrogen-bond acceptors (Lipinski definition) is 4. The van der Waals surface area contributed by atoms with Crippen LogP contribution in [-0.2, 0) is 16.6 Å². The van der Waals surface area contributed by atoms with Gasteiger partial charge in [0.2, 0.25) is 0 Å². The van der Waals surface area contributed by atoms with E-state index in [4.69, 9.17) is 5.11 Å². The minimum Gasteiger partial charge on any atom is -0.392 e. The molecule has 0 radical (unpaired) electrons. The standard InChI is InChI=1S/C12H10BrFN2O3S/c13-9-5-8(7-17)12(14)11(6-9)20(18,19)16-10-1-3-15-4-2-10/h1-6,17H,7H2,(H,15,16). The Morgan fingerprint density at radius 2 is 1.95 bits per heavy atom. The van der Waals surface area contributed by atoms with Gasteiger partial charge in [0.1, 0.15) is 10.7 Å². The molecule has 1 heterocycles. The SMILES string of the molecule is O=S(=O)(Nc1ccncc1)c1cc(Br)cc(CO)c1F. The largest absolute Gasteiger partial charge is 0.392 e. The number of sulfonamides is 1. The van der Waals surface area contributed by atoms with Crippen molar-refractivity contribution in [2.45, 2.75) is 11.5 Å². The molecule has 0 aliphatic rings. The predicted octanol–water partition coefficient (Wildman–Crippen LogP) is 2.28. The van der Waals surface area contributed by atoms with Crippen LogP contribution in [0.4, 0.5) is 10.1 Å². The lowest BCUT2D eigenvalue weighted by Crippen LogP contribution is -2.15. The van der Waals surface area contributed by atoms with E-state index in [-0.39, 0.29) is 11.3 Å². The maximum Gasteiger partial charge on any atom is 0.264 e. The van der Waals surface area contributed by atoms with E-state index >= 15 is 0 Å². The normalized spacial score (nSPS) is 11.3. The van der Waals surface area contributed by atoms with E-state index in [1.807, 2.05) is 0 Å². The summed E-state index contributed by atoms with van der Waals surface area (Å²) in [6.07, 6.45) is 2.82. The number of aliphatic hydroxyl groups excluding tert-OH is 1. The van der Waals surface area contributed by atoms with Crippen molar-refractivity contribution in [3.05, 3.63) is 52.5 Å². The third kappa shape index (κ3) is 3.14. The molecule has 1 aromatic heterocycles. The summed E-state index contributed by atoms with van der Waals surface area (Å²) in [6.45, 7) is -0.594. The van der Waals surface area contributed by atoms with Crippen molar-refractivity contribution in [1.82, 2.24) is 4.98 Å². The van der Waals surface area contributed by atoms with E-state index < -0.39 is 27.3 Å². The van der Waals surface area contributed by atoms with E-state index in [0.29, 0.717) is 4.47 Å². The molecular weight excluding hydrogens is 351 g/mol. The van der Waals surface area contributed by atoms with Gasteiger partial charge in [-0.3, -0.25) is 9.71 Å². The number of anilines is 1. The minimum atomic E-state index is -4.09. The van der Waals surface area contributed by atoms with Crippen LogP contribution in [0.15, 0.2) is 46.0 Å². The lowest BCUT2D eigenvalue weighted by atomic mass is 10.2. The summed E-state index contributed by atoms with van der Waals surface area (Å²) in [7, 11) is -4.09. The van der Waals surface area contributed by atoms with Gasteiger partial charge in [0.05, 0.1) is 12.3 Å². The van der Waals surface area contributed by atoms with E-state index in [1.54, 1.807) is 0 Å². The highest BCUT2D eigenvalue weighted by Gasteiger charge is 2.22. The number of pyridine rings is 1. The van der Waals surface area contributed by atoms with Crippen LogP contribution < -0.4 is 4.72 Å². The Hall–Kier alpha value is -1.51. The van der Waals surface area contributed by atoms with E-state index in [9.17, 15) is 12.8 Å². The number of benzene rings is 1. The Morgan fingerprint density at radius 3 is 2.55 bits per heavy atom. The molecule has 0 atom stereocenters. The first-order valence-corrected chi connectivity index (χ1v) is 7.73. The fourth-order valence-corrected chi connectivity index (χ4v) is 3.42. The van der Waals surface area contributed by atoms with E-state index in [0.717, 1.165) is 6.07 Å². The van der Waals surface area contributed by atoms with Gasteiger partial charge in [-0.25, -0.2) is 12.8 Å². The number of nitrogens with one attached hydrogen (secondary N) is 1. The molecule has 0 fully saturated rings. The molecule has 0 aliphatic heterocycles. The zero-order valence-corrected chi connectivity index (χ0v) is 12.4. The maximum atomic E-state index is 14.0. The molecule has 20 heavy (non-hydrogen) atoms. The second-order valence-electron chi connectivity index (χ2n) is 3.88. The molecule has 2 aromatic rings. The molecule has 0 unspecified atom stereocenters. The van der Waals surface area contributed by atoms with Crippen LogP contribution in [0, 0.1) is 5.82 Å². The summed E-state index contributed by atoms with van der Waals surface area (Å²) in [4.78, 5) is 3.22. The average Bonchev–Trinajstić information content (AvgIpc) is 2.41. The van der Waals surface area contributed by atoms with Crippen LogP contribution in [0.3, 0.4) is 0 Å². The highest BCUT2D eigenvalue weighted by molar-refractivity contribution is 9.10. The summed E-state index contributed by atoms with van der Waals surface area (Å²) >= 11 is 3.09. The molecule has 2 N–H and O–H groups in total. The summed E-state index contributed by atoms with van der Waals surface area (Å²) in [5.41, 5.74) is 0.166. The van der Waals surface area contributed by atoms with Gasteiger partial charge < -0.3 is 5.11 Å². The van der Waals surface area contributed by atoms with E-state index in [2.05, 4.69) is 25.6 Å². The van der Waals surface area contributed by atoms with Crippen molar-refractivity contribution in [2.75, 3.05) is 4.72 Å². The van der Waals surface area contributed by atoms with Gasteiger partial charge in [0.25, 0.3) is 10.0 Å². The molecule has 8 heteroatoms. The van der Waals surface area contributed by atoms with Crippen LogP contribution in [0.2, 0.25) is 0 Å². The summed E-state index contributed by atoms with van der Waals surface area (Å²) in [6, 6.07) is 5.35. The van der Waals surface area contributed by atoms with Gasteiger partial charge in [-0.15, -0.1) is 0 Å². The van der Waals surface area contributed by atoms with Gasteiger partial charge in [-0.2, -0.15) is 0 Å². The Balaban J connectivity index is 2.47. The van der Waals surface area contributed by atoms with Crippen molar-refractivity contribution in [2.24, 2.45) is 0 Å². The lowest BCUT2D eigenvalue weighted by Gasteiger charge is -2.11. The van der Waals surface area contributed by atoms with Gasteiger partial charge >= 0.3 is 0 Å². The highest BCUT2D eigenvalue weighted by atomic mass is 79.9. The molecule has 106 valence electrons. The number of nitrogens with zero attached hydrogens (tertiary/aromatic N) is 1. The quantitative estimate of drug-likeness (QED) is 0.876. The Labute approximate surface area is 123 Å². The zero-order chi connectivity index (χ0) is 14.8. The van der Waals surface area contributed by atoms with Crippen LogP contribution in [0.5, 0.6) is 0 Å². The zero-order valence-electron chi connectivity index (χ0n) is 10.0. The van der Waals surface area contributed by atoms with Gasteiger partial charge in [-0.1, -0.05) is 15.9 Å². The molecule has 1 aromatic carbocycles. The predicted molar refractivity (Wildman–Crippen MR) is 75.1 cm³/mol. The fraction of sp³-hybridized carbons (Fsp3) is 0.0833. The fourth-order valence-electron chi connectivity index (χ4n) is 1.56. The van der Waals surface area contributed by atoms with Gasteiger partial charge in [-0.05, 0) is 24.3 Å². The summed E-state index contributed by atoms with van der Waals surface area (Å²) in [5, 5.41) is 9.04. The van der Waals surface area contributed by atoms with Crippen LogP contribution in [0.25, 0.3) is 0 Å². The number of hydrogen-bond donors (Lipinski definition) is 2. The molecule has 5 nitrogen and oxygen atoms in total. The number of aliphatic hydroxyl groups is 1. The molecule has 0 saturated carbocycles. The molecule has 0 bridgehead atoms. The van der Waals surface area contributed by atoms with Crippen molar-refractivity contribution in [1.29, 1.82) is 0 Å². The Bertz CT molecular complexity index is 723. The first kappa shape index (κ1) is 14.9. The first-order chi connectivity index (χ1) is 9.44. The topological polar surface area (TPSA) is 79.3 Å². The third-order valence-electron chi connectivity index (χ3n) is 2.47. The second-order valence-corrected chi connectivity index (χ2v) is 6.44. The van der Waals surface area contributed by atoms with Gasteiger partial charge in [0, 0.05) is 22.4 Å². The third-order valence-corrected chi connectivity index (χ3v) is 4.31. The number of rotatable bonds is 4. The van der Waals surface area contributed by atoms with Crippen molar-refractivity contribution in [3.63, 3.8) is 0 Å². The molecule has 0 amide bonds. The maximum absolute atomic E-state index is 14.0. The van der Waals surface area contributed by atoms with Gasteiger partial charge in [0.15, 0.2) is 0 Å². The molecule has 0 saturated heterocycles. The van der Waals surface area contributed by atoms with Crippen LogP contribution >= 0.6 is 15.9 Å². The molecular formula is C12H10BrFN2O3S. The monoisotopic (exact) mass is 360 g/mol. The second kappa shape index (κ2) is 5.86. The molecule has 2 rings (SSSR count). The Kier molecular flexibility index (Phi) is 4.36. The van der Waals surface area contributed by atoms with Crippen molar-refractivity contribution >= 4 is 31.6 Å². The Morgan fingerprint density at radius 1 is 1.30 bits per heavy atom. The van der Waals surface area contributed by atoms with E-state index in [1.165, 1.54) is 30.6 Å². The smallest absolute Gasteiger partial charge is 0.264 e.